The molecule has 1 heterocycles. The lowest BCUT2D eigenvalue weighted by Gasteiger charge is -2.25. The summed E-state index contributed by atoms with van der Waals surface area (Å²) in [6.07, 6.45) is 0. The number of aromatic nitrogens is 2. The van der Waals surface area contributed by atoms with Crippen LogP contribution in [0.1, 0.15) is 29.9 Å². The van der Waals surface area contributed by atoms with Crippen molar-refractivity contribution in [3.05, 3.63) is 41.2 Å². The Morgan fingerprint density at radius 2 is 2.00 bits per heavy atom. The summed E-state index contributed by atoms with van der Waals surface area (Å²) in [4.78, 5) is 0.237. The molecule has 114 valence electrons. The van der Waals surface area contributed by atoms with Crippen LogP contribution < -0.4 is 5.73 Å². The molecule has 2 rings (SSSR count). The van der Waals surface area contributed by atoms with Gasteiger partial charge in [-0.3, -0.25) is 5.10 Å². The number of aryl methyl sites for hydroxylation is 2. The largest absolute Gasteiger partial charge is 0.399 e. The lowest BCUT2D eigenvalue weighted by Crippen LogP contribution is -2.30. The number of nitrogens with zero attached hydrogens (tertiary/aromatic N) is 2. The Hall–Kier alpha value is -1.86. The third kappa shape index (κ3) is 2.79. The maximum Gasteiger partial charge on any atom is 0.247 e. The van der Waals surface area contributed by atoms with E-state index in [0.717, 1.165) is 5.56 Å². The van der Waals surface area contributed by atoms with Crippen LogP contribution in [0.4, 0.5) is 5.69 Å². The van der Waals surface area contributed by atoms with E-state index >= 15 is 0 Å². The maximum absolute atomic E-state index is 12.8. The standard InChI is InChI=1S/C14H20N4O2S/c1-9-14(10(2)17-16-9)21(19,20)18(4)11(3)12-6-5-7-13(15)8-12/h5-8,11H,15H2,1-4H3,(H,16,17). The van der Waals surface area contributed by atoms with Crippen LogP contribution in [0, 0.1) is 13.8 Å². The first kappa shape index (κ1) is 15.5. The van der Waals surface area contributed by atoms with E-state index in [1.165, 1.54) is 4.31 Å². The van der Waals surface area contributed by atoms with Crippen molar-refractivity contribution in [2.24, 2.45) is 0 Å². The van der Waals surface area contributed by atoms with E-state index in [0.29, 0.717) is 17.1 Å². The summed E-state index contributed by atoms with van der Waals surface area (Å²) in [5.74, 6) is 0. The third-order valence-electron chi connectivity index (χ3n) is 3.64. The Bertz CT molecular complexity index is 733. The zero-order valence-corrected chi connectivity index (χ0v) is 13.4. The molecule has 1 aromatic carbocycles. The molecule has 1 atom stereocenters. The van der Waals surface area contributed by atoms with Crippen molar-refractivity contribution in [1.29, 1.82) is 0 Å². The third-order valence-corrected chi connectivity index (χ3v) is 5.83. The van der Waals surface area contributed by atoms with Crippen molar-refractivity contribution in [2.45, 2.75) is 31.7 Å². The average Bonchev–Trinajstić information content (AvgIpc) is 2.77. The fraction of sp³-hybridized carbons (Fsp3) is 0.357. The number of nitrogens with one attached hydrogen (secondary N) is 1. The van der Waals surface area contributed by atoms with Crippen LogP contribution in [0.25, 0.3) is 0 Å². The highest BCUT2D eigenvalue weighted by Crippen LogP contribution is 2.28. The number of hydrogen-bond donors (Lipinski definition) is 2. The zero-order valence-electron chi connectivity index (χ0n) is 12.6. The Morgan fingerprint density at radius 3 is 2.52 bits per heavy atom. The second-order valence-corrected chi connectivity index (χ2v) is 7.06. The predicted molar refractivity (Wildman–Crippen MR) is 82.3 cm³/mol. The molecule has 0 aliphatic rings. The molecule has 21 heavy (non-hydrogen) atoms. The number of benzene rings is 1. The summed E-state index contributed by atoms with van der Waals surface area (Å²) < 4.78 is 26.9. The molecule has 0 radical (unpaired) electrons. The molecule has 7 heteroatoms. The Morgan fingerprint density at radius 1 is 1.33 bits per heavy atom. The average molecular weight is 308 g/mol. The monoisotopic (exact) mass is 308 g/mol. The van der Waals surface area contributed by atoms with Gasteiger partial charge in [-0.1, -0.05) is 12.1 Å². The molecule has 2 aromatic rings. The Balaban J connectivity index is 2.41. The number of rotatable bonds is 4. The number of nitrogens with two attached hydrogens (primary N) is 1. The molecule has 1 unspecified atom stereocenters. The van der Waals surface area contributed by atoms with Gasteiger partial charge in [0.05, 0.1) is 11.4 Å². The molecule has 0 amide bonds. The topological polar surface area (TPSA) is 92.1 Å². The zero-order chi connectivity index (χ0) is 15.8. The van der Waals surface area contributed by atoms with Crippen LogP contribution in [0.2, 0.25) is 0 Å². The minimum Gasteiger partial charge on any atom is -0.399 e. The fourth-order valence-electron chi connectivity index (χ4n) is 2.30. The first-order valence-corrected chi connectivity index (χ1v) is 8.04. The summed E-state index contributed by atoms with van der Waals surface area (Å²) in [5, 5.41) is 6.67. The van der Waals surface area contributed by atoms with E-state index in [-0.39, 0.29) is 10.9 Å². The van der Waals surface area contributed by atoms with Gasteiger partial charge in [0.2, 0.25) is 10.0 Å². The van der Waals surface area contributed by atoms with Crippen molar-refractivity contribution in [3.8, 4) is 0 Å². The van der Waals surface area contributed by atoms with Gasteiger partial charge in [-0.2, -0.15) is 9.40 Å². The van der Waals surface area contributed by atoms with Crippen LogP contribution in [-0.2, 0) is 10.0 Å². The van der Waals surface area contributed by atoms with E-state index in [2.05, 4.69) is 10.2 Å². The summed E-state index contributed by atoms with van der Waals surface area (Å²) in [7, 11) is -2.05. The van der Waals surface area contributed by atoms with E-state index in [1.807, 2.05) is 19.1 Å². The number of aromatic amines is 1. The predicted octanol–water partition coefficient (Wildman–Crippen LogP) is 1.99. The molecule has 0 saturated carbocycles. The molecular formula is C14H20N4O2S. The van der Waals surface area contributed by atoms with Gasteiger partial charge in [-0.15, -0.1) is 0 Å². The molecule has 0 saturated heterocycles. The molecule has 6 nitrogen and oxygen atoms in total. The van der Waals surface area contributed by atoms with Gasteiger partial charge in [-0.05, 0) is 38.5 Å². The molecule has 0 aliphatic heterocycles. The van der Waals surface area contributed by atoms with E-state index in [4.69, 9.17) is 5.73 Å². The van der Waals surface area contributed by atoms with E-state index in [9.17, 15) is 8.42 Å². The Kier molecular flexibility index (Phi) is 4.06. The summed E-state index contributed by atoms with van der Waals surface area (Å²) in [6, 6.07) is 6.91. The van der Waals surface area contributed by atoms with Gasteiger partial charge in [0.25, 0.3) is 0 Å². The highest BCUT2D eigenvalue weighted by Gasteiger charge is 2.30. The van der Waals surface area contributed by atoms with E-state index in [1.54, 1.807) is 33.0 Å². The van der Waals surface area contributed by atoms with Gasteiger partial charge < -0.3 is 5.73 Å². The molecule has 0 aliphatic carbocycles. The second kappa shape index (κ2) is 5.50. The number of H-pyrrole nitrogens is 1. The van der Waals surface area contributed by atoms with Crippen molar-refractivity contribution < 1.29 is 8.42 Å². The number of nitrogen functional groups attached to an aromatic ring is 1. The van der Waals surface area contributed by atoms with Crippen molar-refractivity contribution in [1.82, 2.24) is 14.5 Å². The molecule has 1 aromatic heterocycles. The van der Waals surface area contributed by atoms with Gasteiger partial charge in [-0.25, -0.2) is 8.42 Å². The van der Waals surface area contributed by atoms with Crippen LogP contribution in [0.3, 0.4) is 0 Å². The SMILES string of the molecule is Cc1n[nH]c(C)c1S(=O)(=O)N(C)C(C)c1cccc(N)c1. The lowest BCUT2D eigenvalue weighted by molar-refractivity contribution is 0.398. The quantitative estimate of drug-likeness (QED) is 0.845. The van der Waals surface area contributed by atoms with Crippen molar-refractivity contribution >= 4 is 15.7 Å². The van der Waals surface area contributed by atoms with Crippen LogP contribution >= 0.6 is 0 Å². The van der Waals surface area contributed by atoms with Gasteiger partial charge >= 0.3 is 0 Å². The minimum atomic E-state index is -3.62. The summed E-state index contributed by atoms with van der Waals surface area (Å²) >= 11 is 0. The highest BCUT2D eigenvalue weighted by atomic mass is 32.2. The molecule has 0 bridgehead atoms. The van der Waals surface area contributed by atoms with Gasteiger partial charge in [0.15, 0.2) is 0 Å². The Labute approximate surface area is 125 Å². The molecule has 0 fully saturated rings. The normalized spacial score (nSPS) is 13.6. The lowest BCUT2D eigenvalue weighted by atomic mass is 10.1. The number of sulfonamides is 1. The van der Waals surface area contributed by atoms with Crippen LogP contribution in [0.15, 0.2) is 29.2 Å². The fourth-order valence-corrected chi connectivity index (χ4v) is 3.98. The summed E-state index contributed by atoms with van der Waals surface area (Å²) in [5.41, 5.74) is 8.24. The highest BCUT2D eigenvalue weighted by molar-refractivity contribution is 7.89. The smallest absolute Gasteiger partial charge is 0.247 e. The molecule has 0 spiro atoms. The second-order valence-electron chi connectivity index (χ2n) is 5.13. The van der Waals surface area contributed by atoms with Crippen LogP contribution in [0.5, 0.6) is 0 Å². The minimum absolute atomic E-state index is 0.237. The maximum atomic E-state index is 12.8. The number of hydrogen-bond acceptors (Lipinski definition) is 4. The molecular weight excluding hydrogens is 288 g/mol. The first-order valence-electron chi connectivity index (χ1n) is 6.60. The first-order chi connectivity index (χ1) is 9.75. The van der Waals surface area contributed by atoms with E-state index < -0.39 is 10.0 Å². The van der Waals surface area contributed by atoms with Gasteiger partial charge in [0.1, 0.15) is 4.90 Å². The van der Waals surface area contributed by atoms with Gasteiger partial charge in [0, 0.05) is 18.8 Å². The van der Waals surface area contributed by atoms with Crippen molar-refractivity contribution in [3.63, 3.8) is 0 Å². The summed E-state index contributed by atoms with van der Waals surface area (Å²) in [6.45, 7) is 5.21. The van der Waals surface area contributed by atoms with Crippen LogP contribution in [-0.4, -0.2) is 30.0 Å². The van der Waals surface area contributed by atoms with Crippen molar-refractivity contribution in [2.75, 3.05) is 12.8 Å². The number of anilines is 1. The molecule has 3 N–H and O–H groups in total.